The molecule has 0 heterocycles. The van der Waals surface area contributed by atoms with Gasteiger partial charge in [-0.2, -0.15) is 0 Å². The summed E-state index contributed by atoms with van der Waals surface area (Å²) in [7, 11) is -3.38. The van der Waals surface area contributed by atoms with Crippen LogP contribution in [0.25, 0.3) is 0 Å². The second-order valence-electron chi connectivity index (χ2n) is 5.64. The van der Waals surface area contributed by atoms with Crippen molar-refractivity contribution < 1.29 is 13.2 Å². The highest BCUT2D eigenvalue weighted by molar-refractivity contribution is 7.92. The molecule has 0 saturated carbocycles. The van der Waals surface area contributed by atoms with Crippen LogP contribution in [0.5, 0.6) is 0 Å². The van der Waals surface area contributed by atoms with Gasteiger partial charge in [-0.15, -0.1) is 0 Å². The first kappa shape index (κ1) is 18.0. The first-order valence-corrected chi connectivity index (χ1v) is 9.61. The van der Waals surface area contributed by atoms with E-state index in [-0.39, 0.29) is 18.9 Å². The Morgan fingerprint density at radius 1 is 1.04 bits per heavy atom. The number of carbonyl (C=O) groups excluding carboxylic acids is 1. The highest BCUT2D eigenvalue weighted by Gasteiger charge is 2.17. The molecular weight excluding hydrogens is 324 g/mol. The zero-order valence-corrected chi connectivity index (χ0v) is 14.7. The molecule has 0 saturated heterocycles. The summed E-state index contributed by atoms with van der Waals surface area (Å²) >= 11 is 0. The molecule has 2 aromatic carbocycles. The molecule has 6 heteroatoms. The van der Waals surface area contributed by atoms with Crippen LogP contribution in [0.2, 0.25) is 0 Å². The van der Waals surface area contributed by atoms with Gasteiger partial charge in [0.05, 0.1) is 11.9 Å². The number of sulfonamides is 1. The van der Waals surface area contributed by atoms with Crippen LogP contribution in [0.4, 0.5) is 11.4 Å². The Bertz CT molecular complexity index is 789. The molecule has 2 rings (SSSR count). The van der Waals surface area contributed by atoms with Crippen molar-refractivity contribution in [3.63, 3.8) is 0 Å². The maximum Gasteiger partial charge on any atom is 0.232 e. The van der Waals surface area contributed by atoms with Crippen molar-refractivity contribution in [1.82, 2.24) is 0 Å². The lowest BCUT2D eigenvalue weighted by Crippen LogP contribution is -2.31. The monoisotopic (exact) mass is 346 g/mol. The van der Waals surface area contributed by atoms with E-state index in [4.69, 9.17) is 0 Å². The van der Waals surface area contributed by atoms with Gasteiger partial charge in [0.1, 0.15) is 0 Å². The van der Waals surface area contributed by atoms with Crippen molar-refractivity contribution in [3.05, 3.63) is 60.2 Å². The average Bonchev–Trinajstić information content (AvgIpc) is 2.53. The number of anilines is 2. The normalized spacial score (nSPS) is 11.1. The number of carbonyl (C=O) groups is 1. The largest absolute Gasteiger partial charge is 0.326 e. The van der Waals surface area contributed by atoms with E-state index in [0.717, 1.165) is 11.3 Å². The lowest BCUT2D eigenvalue weighted by atomic mass is 10.2. The van der Waals surface area contributed by atoms with Crippen molar-refractivity contribution >= 4 is 27.3 Å². The zero-order valence-electron chi connectivity index (χ0n) is 13.9. The molecule has 128 valence electrons. The molecule has 1 N–H and O–H groups in total. The second-order valence-corrected chi connectivity index (χ2v) is 7.54. The Hall–Kier alpha value is -2.34. The summed E-state index contributed by atoms with van der Waals surface area (Å²) in [6.45, 7) is 2.19. The van der Waals surface area contributed by atoms with E-state index in [2.05, 4.69) is 5.32 Å². The molecule has 2 aromatic rings. The van der Waals surface area contributed by atoms with Crippen LogP contribution in [0.15, 0.2) is 54.6 Å². The van der Waals surface area contributed by atoms with Gasteiger partial charge in [-0.25, -0.2) is 8.42 Å². The molecule has 5 nitrogen and oxygen atoms in total. The fraction of sp³-hybridized carbons (Fsp3) is 0.278. The van der Waals surface area contributed by atoms with Crippen LogP contribution >= 0.6 is 0 Å². The molecule has 0 spiro atoms. The predicted octanol–water partition coefficient (Wildman–Crippen LogP) is 3.18. The summed E-state index contributed by atoms with van der Waals surface area (Å²) in [5.41, 5.74) is 2.39. The molecule has 1 amide bonds. The molecule has 0 aliphatic rings. The lowest BCUT2D eigenvalue weighted by molar-refractivity contribution is -0.116. The van der Waals surface area contributed by atoms with Gasteiger partial charge in [-0.05, 0) is 37.1 Å². The Morgan fingerprint density at radius 3 is 2.29 bits per heavy atom. The van der Waals surface area contributed by atoms with Crippen LogP contribution in [-0.2, 0) is 14.8 Å². The first-order valence-electron chi connectivity index (χ1n) is 7.76. The predicted molar refractivity (Wildman–Crippen MR) is 97.7 cm³/mol. The third kappa shape index (κ3) is 5.09. The van der Waals surface area contributed by atoms with Gasteiger partial charge in [0.2, 0.25) is 15.9 Å². The fourth-order valence-electron chi connectivity index (χ4n) is 2.39. The molecule has 0 radical (unpaired) electrons. The quantitative estimate of drug-likeness (QED) is 0.837. The standard InChI is InChI=1S/C18H22N2O3S/c1-15-9-6-7-12-17(15)19-18(21)13-8-14-20(24(2,22)23)16-10-4-3-5-11-16/h3-7,9-12H,8,13-14H2,1-2H3,(H,19,21). The highest BCUT2D eigenvalue weighted by Crippen LogP contribution is 2.18. The van der Waals surface area contributed by atoms with Gasteiger partial charge < -0.3 is 5.32 Å². The molecular formula is C18H22N2O3S. The topological polar surface area (TPSA) is 66.5 Å². The number of benzene rings is 2. The number of rotatable bonds is 7. The third-order valence-electron chi connectivity index (χ3n) is 3.63. The maximum atomic E-state index is 12.1. The van der Waals surface area contributed by atoms with E-state index >= 15 is 0 Å². The molecule has 0 fully saturated rings. The summed E-state index contributed by atoms with van der Waals surface area (Å²) in [6.07, 6.45) is 1.88. The van der Waals surface area contributed by atoms with Crippen molar-refractivity contribution in [2.24, 2.45) is 0 Å². The number of nitrogens with zero attached hydrogens (tertiary/aromatic N) is 1. The summed E-state index contributed by atoms with van der Waals surface area (Å²) < 4.78 is 25.3. The molecule has 0 aliphatic carbocycles. The smallest absolute Gasteiger partial charge is 0.232 e. The number of nitrogens with one attached hydrogen (secondary N) is 1. The zero-order chi connectivity index (χ0) is 17.6. The summed E-state index contributed by atoms with van der Waals surface area (Å²) in [6, 6.07) is 16.5. The number of para-hydroxylation sites is 2. The molecule has 0 bridgehead atoms. The van der Waals surface area contributed by atoms with E-state index in [1.165, 1.54) is 10.6 Å². The molecule has 24 heavy (non-hydrogen) atoms. The van der Waals surface area contributed by atoms with E-state index < -0.39 is 10.0 Å². The van der Waals surface area contributed by atoms with Crippen LogP contribution in [-0.4, -0.2) is 27.1 Å². The Balaban J connectivity index is 1.94. The van der Waals surface area contributed by atoms with Gasteiger partial charge in [0, 0.05) is 18.7 Å². The van der Waals surface area contributed by atoms with Crippen molar-refractivity contribution in [1.29, 1.82) is 0 Å². The highest BCUT2D eigenvalue weighted by atomic mass is 32.2. The van der Waals surface area contributed by atoms with Gasteiger partial charge in [0.15, 0.2) is 0 Å². The Morgan fingerprint density at radius 2 is 1.67 bits per heavy atom. The molecule has 0 atom stereocenters. The molecule has 0 aromatic heterocycles. The van der Waals surface area contributed by atoms with Crippen molar-refractivity contribution in [2.45, 2.75) is 19.8 Å². The number of aryl methyl sites for hydroxylation is 1. The lowest BCUT2D eigenvalue weighted by Gasteiger charge is -2.22. The van der Waals surface area contributed by atoms with Crippen molar-refractivity contribution in [3.8, 4) is 0 Å². The van der Waals surface area contributed by atoms with E-state index in [1.807, 2.05) is 37.3 Å². The van der Waals surface area contributed by atoms with Gasteiger partial charge >= 0.3 is 0 Å². The second kappa shape index (κ2) is 7.97. The Kier molecular flexibility index (Phi) is 5.98. The van der Waals surface area contributed by atoms with Crippen LogP contribution in [0.3, 0.4) is 0 Å². The summed E-state index contributed by atoms with van der Waals surface area (Å²) in [4.78, 5) is 12.1. The number of hydrogen-bond donors (Lipinski definition) is 1. The third-order valence-corrected chi connectivity index (χ3v) is 4.82. The van der Waals surface area contributed by atoms with Crippen LogP contribution in [0.1, 0.15) is 18.4 Å². The summed E-state index contributed by atoms with van der Waals surface area (Å²) in [5, 5.41) is 2.86. The van der Waals surface area contributed by atoms with Crippen LogP contribution in [0, 0.1) is 6.92 Å². The van der Waals surface area contributed by atoms with Gasteiger partial charge in [-0.1, -0.05) is 36.4 Å². The minimum Gasteiger partial charge on any atom is -0.326 e. The summed E-state index contributed by atoms with van der Waals surface area (Å²) in [5.74, 6) is -0.120. The molecule has 0 unspecified atom stereocenters. The maximum absolute atomic E-state index is 12.1. The number of hydrogen-bond acceptors (Lipinski definition) is 3. The fourth-order valence-corrected chi connectivity index (χ4v) is 3.36. The van der Waals surface area contributed by atoms with E-state index in [9.17, 15) is 13.2 Å². The van der Waals surface area contributed by atoms with Crippen LogP contribution < -0.4 is 9.62 Å². The van der Waals surface area contributed by atoms with Gasteiger partial charge in [-0.3, -0.25) is 9.10 Å². The minimum atomic E-state index is -3.38. The van der Waals surface area contributed by atoms with Crippen molar-refractivity contribution in [2.75, 3.05) is 22.4 Å². The van der Waals surface area contributed by atoms with E-state index in [1.54, 1.807) is 24.3 Å². The SMILES string of the molecule is Cc1ccccc1NC(=O)CCCN(c1ccccc1)S(C)(=O)=O. The molecule has 0 aliphatic heterocycles. The minimum absolute atomic E-state index is 0.120. The van der Waals surface area contributed by atoms with E-state index in [0.29, 0.717) is 12.1 Å². The van der Waals surface area contributed by atoms with Gasteiger partial charge in [0.25, 0.3) is 0 Å². The number of amides is 1. The average molecular weight is 346 g/mol. The first-order chi connectivity index (χ1) is 11.4. The Labute approximate surface area is 143 Å².